The lowest BCUT2D eigenvalue weighted by Crippen LogP contribution is -1.99. The molecule has 0 aliphatic heterocycles. The Labute approximate surface area is 181 Å². The van der Waals surface area contributed by atoms with E-state index < -0.39 is 0 Å². The molecule has 0 unspecified atom stereocenters. The van der Waals surface area contributed by atoms with E-state index in [2.05, 4.69) is 51.3 Å². The third kappa shape index (κ3) is 5.61. The van der Waals surface area contributed by atoms with Crippen LogP contribution in [0.4, 0.5) is 0 Å². The average Bonchev–Trinajstić information content (AvgIpc) is 2.80. The van der Waals surface area contributed by atoms with Crippen LogP contribution in [0.15, 0.2) is 95.6 Å². The summed E-state index contributed by atoms with van der Waals surface area (Å²) < 4.78 is 1.05. The summed E-state index contributed by atoms with van der Waals surface area (Å²) in [6.07, 6.45) is 14.7. The lowest BCUT2D eigenvalue weighted by atomic mass is 9.97. The van der Waals surface area contributed by atoms with E-state index in [1.807, 2.05) is 74.7 Å². The van der Waals surface area contributed by atoms with Crippen LogP contribution in [0.1, 0.15) is 32.4 Å². The Morgan fingerprint density at radius 2 is 1.66 bits per heavy atom. The van der Waals surface area contributed by atoms with Crippen LogP contribution in [0.25, 0.3) is 28.1 Å². The number of nitrogens with zero attached hydrogens (tertiary/aromatic N) is 2. The maximum absolute atomic E-state index is 4.93. The van der Waals surface area contributed by atoms with Crippen LogP contribution in [-0.4, -0.2) is 9.97 Å². The van der Waals surface area contributed by atoms with Gasteiger partial charge in [0.05, 0.1) is 5.69 Å². The van der Waals surface area contributed by atoms with Crippen molar-refractivity contribution in [2.75, 3.05) is 0 Å². The van der Waals surface area contributed by atoms with Crippen LogP contribution in [0.3, 0.4) is 0 Å². The van der Waals surface area contributed by atoms with Gasteiger partial charge < -0.3 is 0 Å². The standard InChI is InChI=1S/C22H17BrN2.C4H8/c23-19-13-7-12-18(14-19)20-15-24-22(17-10-5-2-6-11-17)25-21(20)16-8-3-1-4-9-16;1-3-4-2/h2-3,5-15H,1,4H2;3-4H,1-2H3/b;4-3-. The van der Waals surface area contributed by atoms with Gasteiger partial charge in [0.25, 0.3) is 0 Å². The molecule has 0 bridgehead atoms. The lowest BCUT2D eigenvalue weighted by molar-refractivity contribution is 1.03. The van der Waals surface area contributed by atoms with Gasteiger partial charge in [-0.05, 0) is 50.0 Å². The highest BCUT2D eigenvalue weighted by molar-refractivity contribution is 9.10. The van der Waals surface area contributed by atoms with Gasteiger partial charge in [-0.1, -0.05) is 88.8 Å². The minimum Gasteiger partial charge on any atom is -0.236 e. The number of allylic oxidation sites excluding steroid dienone is 6. The van der Waals surface area contributed by atoms with Crippen molar-refractivity contribution < 1.29 is 0 Å². The predicted octanol–water partition coefficient (Wildman–Crippen LogP) is 7.89. The highest BCUT2D eigenvalue weighted by atomic mass is 79.9. The van der Waals surface area contributed by atoms with Crippen molar-refractivity contribution in [3.8, 4) is 22.5 Å². The zero-order chi connectivity index (χ0) is 20.5. The first-order valence-corrected chi connectivity index (χ1v) is 10.6. The Balaban J connectivity index is 0.000000552. The molecule has 0 amide bonds. The van der Waals surface area contributed by atoms with Gasteiger partial charge in [-0.25, -0.2) is 9.97 Å². The average molecular weight is 445 g/mol. The fraction of sp³-hybridized carbons (Fsp3) is 0.154. The van der Waals surface area contributed by atoms with Gasteiger partial charge in [0.15, 0.2) is 5.82 Å². The minimum atomic E-state index is 0.759. The molecule has 146 valence electrons. The Hall–Kier alpha value is -2.78. The van der Waals surface area contributed by atoms with Crippen molar-refractivity contribution in [1.29, 1.82) is 0 Å². The van der Waals surface area contributed by atoms with Crippen molar-refractivity contribution in [2.45, 2.75) is 26.7 Å². The van der Waals surface area contributed by atoms with E-state index >= 15 is 0 Å². The van der Waals surface area contributed by atoms with E-state index in [4.69, 9.17) is 4.98 Å². The second-order valence-corrected chi connectivity index (χ2v) is 7.55. The summed E-state index contributed by atoms with van der Waals surface area (Å²) in [6.45, 7) is 4.00. The van der Waals surface area contributed by atoms with E-state index in [0.29, 0.717) is 0 Å². The van der Waals surface area contributed by atoms with Gasteiger partial charge in [0, 0.05) is 21.8 Å². The van der Waals surface area contributed by atoms with E-state index in [1.54, 1.807) is 0 Å². The van der Waals surface area contributed by atoms with E-state index in [1.165, 1.54) is 5.57 Å². The van der Waals surface area contributed by atoms with Crippen LogP contribution in [0.2, 0.25) is 0 Å². The zero-order valence-electron chi connectivity index (χ0n) is 16.8. The van der Waals surface area contributed by atoms with Crippen molar-refractivity contribution in [1.82, 2.24) is 9.97 Å². The van der Waals surface area contributed by atoms with Crippen LogP contribution >= 0.6 is 15.9 Å². The second-order valence-electron chi connectivity index (χ2n) is 6.64. The molecule has 4 rings (SSSR count). The summed E-state index contributed by atoms with van der Waals surface area (Å²) in [5.41, 5.74) is 5.36. The van der Waals surface area contributed by atoms with Gasteiger partial charge in [-0.15, -0.1) is 0 Å². The Kier molecular flexibility index (Phi) is 7.71. The SMILES string of the molecule is Brc1cccc(-c2cnc(-c3ccccc3)nc2C2=CCCC=C2)c1.C/C=C\C. The Bertz CT molecular complexity index is 1030. The molecule has 0 atom stereocenters. The number of aromatic nitrogens is 2. The lowest BCUT2D eigenvalue weighted by Gasteiger charge is -2.14. The first-order chi connectivity index (χ1) is 14.2. The number of rotatable bonds is 3. The summed E-state index contributed by atoms with van der Waals surface area (Å²) in [6, 6.07) is 18.4. The van der Waals surface area contributed by atoms with Crippen molar-refractivity contribution in [2.24, 2.45) is 0 Å². The summed E-state index contributed by atoms with van der Waals surface area (Å²) in [5, 5.41) is 0. The smallest absolute Gasteiger partial charge is 0.159 e. The van der Waals surface area contributed by atoms with Crippen LogP contribution in [0, 0.1) is 0 Å². The molecule has 0 saturated carbocycles. The number of halogens is 1. The molecule has 0 N–H and O–H groups in total. The Morgan fingerprint density at radius 1 is 0.897 bits per heavy atom. The first kappa shape index (κ1) is 20.9. The molecular weight excluding hydrogens is 420 g/mol. The fourth-order valence-electron chi connectivity index (χ4n) is 2.98. The van der Waals surface area contributed by atoms with Crippen LogP contribution in [-0.2, 0) is 0 Å². The summed E-state index contributed by atoms with van der Waals surface area (Å²) in [7, 11) is 0. The van der Waals surface area contributed by atoms with Crippen LogP contribution < -0.4 is 0 Å². The maximum Gasteiger partial charge on any atom is 0.159 e. The zero-order valence-corrected chi connectivity index (χ0v) is 18.4. The molecule has 1 aliphatic carbocycles. The monoisotopic (exact) mass is 444 g/mol. The van der Waals surface area contributed by atoms with Gasteiger partial charge >= 0.3 is 0 Å². The highest BCUT2D eigenvalue weighted by Crippen LogP contribution is 2.32. The van der Waals surface area contributed by atoms with Gasteiger partial charge in [-0.2, -0.15) is 0 Å². The topological polar surface area (TPSA) is 25.8 Å². The van der Waals surface area contributed by atoms with Crippen molar-refractivity contribution in [3.63, 3.8) is 0 Å². The molecule has 2 aromatic carbocycles. The summed E-state index contributed by atoms with van der Waals surface area (Å²) in [5.74, 6) is 0.759. The molecule has 0 radical (unpaired) electrons. The van der Waals surface area contributed by atoms with Gasteiger partial charge in [0.2, 0.25) is 0 Å². The molecular formula is C26H25BrN2. The second kappa shape index (κ2) is 10.7. The molecule has 0 fully saturated rings. The molecule has 1 heterocycles. The number of hydrogen-bond acceptors (Lipinski definition) is 2. The number of benzene rings is 2. The largest absolute Gasteiger partial charge is 0.236 e. The Morgan fingerprint density at radius 3 is 2.31 bits per heavy atom. The van der Waals surface area contributed by atoms with E-state index in [0.717, 1.165) is 45.5 Å². The predicted molar refractivity (Wildman–Crippen MR) is 127 cm³/mol. The van der Waals surface area contributed by atoms with Crippen molar-refractivity contribution >= 4 is 21.5 Å². The van der Waals surface area contributed by atoms with Gasteiger partial charge in [-0.3, -0.25) is 0 Å². The fourth-order valence-corrected chi connectivity index (χ4v) is 3.38. The van der Waals surface area contributed by atoms with Crippen molar-refractivity contribution in [3.05, 3.63) is 101 Å². The third-order valence-electron chi connectivity index (χ3n) is 4.56. The number of hydrogen-bond donors (Lipinski definition) is 0. The van der Waals surface area contributed by atoms with Gasteiger partial charge in [0.1, 0.15) is 0 Å². The molecule has 1 aromatic heterocycles. The quantitative estimate of drug-likeness (QED) is 0.383. The van der Waals surface area contributed by atoms with Crippen LogP contribution in [0.5, 0.6) is 0 Å². The minimum absolute atomic E-state index is 0.759. The summed E-state index contributed by atoms with van der Waals surface area (Å²) >= 11 is 3.56. The summed E-state index contributed by atoms with van der Waals surface area (Å²) in [4.78, 5) is 9.56. The third-order valence-corrected chi connectivity index (χ3v) is 5.05. The molecule has 3 aromatic rings. The molecule has 2 nitrogen and oxygen atoms in total. The molecule has 0 spiro atoms. The van der Waals surface area contributed by atoms with E-state index in [-0.39, 0.29) is 0 Å². The molecule has 1 aliphatic rings. The maximum atomic E-state index is 4.93. The molecule has 0 saturated heterocycles. The highest BCUT2D eigenvalue weighted by Gasteiger charge is 2.14. The first-order valence-electron chi connectivity index (χ1n) is 9.85. The normalized spacial score (nSPS) is 13.0. The molecule has 3 heteroatoms. The van der Waals surface area contributed by atoms with E-state index in [9.17, 15) is 0 Å². The molecule has 29 heavy (non-hydrogen) atoms.